The number of thiophene rings is 1. The van der Waals surface area contributed by atoms with Gasteiger partial charge in [-0.3, -0.25) is 4.57 Å². The number of nitrogen functional groups attached to an aromatic ring is 1. The standard InChI is InChI=1S/C15H15N5S/c1-3-19-14-13(9(2)18-19)17-15(16)20(14)11-4-5-12-10(8-11)6-7-21-12/h4-8H,3H2,1-2H3,(H2,16,17). The molecule has 4 aromatic rings. The highest BCUT2D eigenvalue weighted by molar-refractivity contribution is 7.17. The van der Waals surface area contributed by atoms with Crippen molar-refractivity contribution in [3.8, 4) is 5.69 Å². The molecule has 0 fully saturated rings. The molecule has 0 aliphatic carbocycles. The monoisotopic (exact) mass is 297 g/mol. The molecular weight excluding hydrogens is 282 g/mol. The number of anilines is 1. The van der Waals surface area contributed by atoms with Crippen LogP contribution < -0.4 is 5.73 Å². The molecule has 0 spiro atoms. The van der Waals surface area contributed by atoms with Gasteiger partial charge in [0.15, 0.2) is 5.65 Å². The molecule has 0 aliphatic rings. The first-order valence-corrected chi connectivity index (χ1v) is 7.76. The summed E-state index contributed by atoms with van der Waals surface area (Å²) in [5.74, 6) is 0.502. The molecule has 0 radical (unpaired) electrons. The van der Waals surface area contributed by atoms with E-state index in [1.54, 1.807) is 11.3 Å². The van der Waals surface area contributed by atoms with Gasteiger partial charge in [-0.25, -0.2) is 9.67 Å². The first kappa shape index (κ1) is 12.4. The van der Waals surface area contributed by atoms with Gasteiger partial charge in [-0.15, -0.1) is 11.3 Å². The van der Waals surface area contributed by atoms with Crippen molar-refractivity contribution < 1.29 is 0 Å². The van der Waals surface area contributed by atoms with Crippen LogP contribution in [0, 0.1) is 6.92 Å². The van der Waals surface area contributed by atoms with Gasteiger partial charge in [0.05, 0.1) is 11.4 Å². The van der Waals surface area contributed by atoms with Crippen molar-refractivity contribution in [2.75, 3.05) is 5.73 Å². The Bertz CT molecular complexity index is 959. The molecule has 106 valence electrons. The minimum atomic E-state index is 0.502. The van der Waals surface area contributed by atoms with Gasteiger partial charge in [-0.05, 0) is 48.9 Å². The van der Waals surface area contributed by atoms with Gasteiger partial charge in [-0.2, -0.15) is 5.10 Å². The van der Waals surface area contributed by atoms with Crippen LogP contribution in [0.15, 0.2) is 29.6 Å². The molecule has 5 nitrogen and oxygen atoms in total. The van der Waals surface area contributed by atoms with E-state index >= 15 is 0 Å². The topological polar surface area (TPSA) is 61.7 Å². The summed E-state index contributed by atoms with van der Waals surface area (Å²) in [6, 6.07) is 8.47. The maximum Gasteiger partial charge on any atom is 0.207 e. The molecule has 4 rings (SSSR count). The van der Waals surface area contributed by atoms with E-state index < -0.39 is 0 Å². The van der Waals surface area contributed by atoms with Gasteiger partial charge in [-0.1, -0.05) is 0 Å². The lowest BCUT2D eigenvalue weighted by Crippen LogP contribution is -2.06. The number of aryl methyl sites for hydroxylation is 2. The van der Waals surface area contributed by atoms with Crippen LogP contribution in [0.3, 0.4) is 0 Å². The van der Waals surface area contributed by atoms with Crippen molar-refractivity contribution in [3.63, 3.8) is 0 Å². The molecular formula is C15H15N5S. The highest BCUT2D eigenvalue weighted by atomic mass is 32.1. The minimum Gasteiger partial charge on any atom is -0.369 e. The Hall–Kier alpha value is -2.34. The number of imidazole rings is 1. The smallest absolute Gasteiger partial charge is 0.207 e. The fourth-order valence-electron chi connectivity index (χ4n) is 2.75. The molecule has 0 unspecified atom stereocenters. The predicted octanol–water partition coefficient (Wildman–Crippen LogP) is 3.35. The average Bonchev–Trinajstić information content (AvgIpc) is 3.14. The first-order valence-electron chi connectivity index (χ1n) is 6.88. The van der Waals surface area contributed by atoms with Crippen LogP contribution in [-0.2, 0) is 6.54 Å². The summed E-state index contributed by atoms with van der Waals surface area (Å²) in [6.07, 6.45) is 0. The maximum absolute atomic E-state index is 6.16. The van der Waals surface area contributed by atoms with Crippen molar-refractivity contribution >= 4 is 38.5 Å². The second kappa shape index (κ2) is 4.33. The van der Waals surface area contributed by atoms with Crippen LogP contribution >= 0.6 is 11.3 Å². The van der Waals surface area contributed by atoms with Gasteiger partial charge in [0.25, 0.3) is 0 Å². The van der Waals surface area contributed by atoms with E-state index in [4.69, 9.17) is 5.73 Å². The molecule has 0 aliphatic heterocycles. The number of benzene rings is 1. The van der Waals surface area contributed by atoms with E-state index in [2.05, 4.69) is 46.7 Å². The normalized spacial score (nSPS) is 11.7. The molecule has 3 aromatic heterocycles. The van der Waals surface area contributed by atoms with Crippen LogP contribution in [-0.4, -0.2) is 19.3 Å². The summed E-state index contributed by atoms with van der Waals surface area (Å²) >= 11 is 1.74. The number of fused-ring (bicyclic) bond motifs is 2. The Balaban J connectivity index is 2.06. The third-order valence-electron chi connectivity index (χ3n) is 3.73. The van der Waals surface area contributed by atoms with Crippen LogP contribution in [0.4, 0.5) is 5.95 Å². The van der Waals surface area contributed by atoms with Crippen molar-refractivity contribution in [2.45, 2.75) is 20.4 Å². The third-order valence-corrected chi connectivity index (χ3v) is 4.63. The fraction of sp³-hybridized carbons (Fsp3) is 0.200. The van der Waals surface area contributed by atoms with Gasteiger partial charge < -0.3 is 5.73 Å². The van der Waals surface area contributed by atoms with Crippen LogP contribution in [0.1, 0.15) is 12.6 Å². The number of rotatable bonds is 2. The summed E-state index contributed by atoms with van der Waals surface area (Å²) in [5, 5.41) is 7.85. The number of hydrogen-bond donors (Lipinski definition) is 1. The van der Waals surface area contributed by atoms with Gasteiger partial charge in [0.2, 0.25) is 5.95 Å². The zero-order chi connectivity index (χ0) is 14.6. The summed E-state index contributed by atoms with van der Waals surface area (Å²) in [6.45, 7) is 4.82. The number of aromatic nitrogens is 4. The van der Waals surface area contributed by atoms with Crippen molar-refractivity contribution in [2.24, 2.45) is 0 Å². The third kappa shape index (κ3) is 1.69. The second-order valence-corrected chi connectivity index (χ2v) is 5.97. The minimum absolute atomic E-state index is 0.502. The first-order chi connectivity index (χ1) is 10.2. The van der Waals surface area contributed by atoms with E-state index in [0.717, 1.165) is 29.1 Å². The molecule has 0 amide bonds. The van der Waals surface area contributed by atoms with Gasteiger partial charge in [0.1, 0.15) is 5.52 Å². The Morgan fingerprint density at radius 1 is 1.29 bits per heavy atom. The average molecular weight is 297 g/mol. The molecule has 21 heavy (non-hydrogen) atoms. The van der Waals surface area contributed by atoms with E-state index in [9.17, 15) is 0 Å². The lowest BCUT2D eigenvalue weighted by atomic mass is 10.2. The van der Waals surface area contributed by atoms with Gasteiger partial charge >= 0.3 is 0 Å². The summed E-state index contributed by atoms with van der Waals surface area (Å²) in [5.41, 5.74) is 9.92. The Morgan fingerprint density at radius 3 is 2.95 bits per heavy atom. The van der Waals surface area contributed by atoms with Crippen LogP contribution in [0.25, 0.3) is 26.9 Å². The largest absolute Gasteiger partial charge is 0.369 e. The van der Waals surface area contributed by atoms with Crippen LogP contribution in [0.5, 0.6) is 0 Å². The summed E-state index contributed by atoms with van der Waals surface area (Å²) < 4.78 is 5.20. The molecule has 0 bridgehead atoms. The lowest BCUT2D eigenvalue weighted by molar-refractivity contribution is 0.663. The molecule has 0 atom stereocenters. The predicted molar refractivity (Wildman–Crippen MR) is 87.1 cm³/mol. The number of nitrogens with two attached hydrogens (primary N) is 1. The zero-order valence-corrected chi connectivity index (χ0v) is 12.7. The van der Waals surface area contributed by atoms with Crippen molar-refractivity contribution in [1.82, 2.24) is 19.3 Å². The van der Waals surface area contributed by atoms with Crippen molar-refractivity contribution in [3.05, 3.63) is 35.3 Å². The molecule has 2 N–H and O–H groups in total. The highest BCUT2D eigenvalue weighted by Crippen LogP contribution is 2.29. The number of nitrogens with zero attached hydrogens (tertiary/aromatic N) is 4. The fourth-order valence-corrected chi connectivity index (χ4v) is 3.52. The number of hydrogen-bond acceptors (Lipinski definition) is 4. The molecule has 6 heteroatoms. The Morgan fingerprint density at radius 2 is 2.14 bits per heavy atom. The van der Waals surface area contributed by atoms with Crippen molar-refractivity contribution in [1.29, 1.82) is 0 Å². The second-order valence-electron chi connectivity index (χ2n) is 5.02. The van der Waals surface area contributed by atoms with E-state index in [1.165, 1.54) is 10.1 Å². The SMILES string of the molecule is CCn1nc(C)c2nc(N)n(-c3ccc4sccc4c3)c21. The van der Waals surface area contributed by atoms with E-state index in [0.29, 0.717) is 5.95 Å². The van der Waals surface area contributed by atoms with Gasteiger partial charge in [0, 0.05) is 11.2 Å². The summed E-state index contributed by atoms with van der Waals surface area (Å²) in [7, 11) is 0. The van der Waals surface area contributed by atoms with E-state index in [1.807, 2.05) is 16.2 Å². The maximum atomic E-state index is 6.16. The lowest BCUT2D eigenvalue weighted by Gasteiger charge is -2.08. The quantitative estimate of drug-likeness (QED) is 0.617. The van der Waals surface area contributed by atoms with Crippen LogP contribution in [0.2, 0.25) is 0 Å². The summed E-state index contributed by atoms with van der Waals surface area (Å²) in [4.78, 5) is 4.49. The Labute approximate surface area is 125 Å². The molecule has 1 aromatic carbocycles. The van der Waals surface area contributed by atoms with E-state index in [-0.39, 0.29) is 0 Å². The molecule has 0 saturated heterocycles. The Kier molecular flexibility index (Phi) is 2.56. The molecule has 0 saturated carbocycles. The highest BCUT2D eigenvalue weighted by Gasteiger charge is 2.18. The zero-order valence-electron chi connectivity index (χ0n) is 11.9. The molecule has 3 heterocycles.